The van der Waals surface area contributed by atoms with Crippen LogP contribution in [0.1, 0.15) is 43.5 Å². The van der Waals surface area contributed by atoms with Gasteiger partial charge in [0.1, 0.15) is 5.52 Å². The maximum Gasteiger partial charge on any atom is 0.283 e. The zero-order valence-electron chi connectivity index (χ0n) is 20.4. The summed E-state index contributed by atoms with van der Waals surface area (Å²) in [5, 5.41) is 4.73. The van der Waals surface area contributed by atoms with Gasteiger partial charge < -0.3 is 9.51 Å². The molecule has 0 aliphatic heterocycles. The Kier molecular flexibility index (Phi) is 5.84. The summed E-state index contributed by atoms with van der Waals surface area (Å²) < 4.78 is 7.15. The first kappa shape index (κ1) is 23.1. The summed E-state index contributed by atoms with van der Waals surface area (Å²) in [5.74, 6) is 1.40. The Balaban J connectivity index is 1.44. The van der Waals surface area contributed by atoms with Crippen LogP contribution in [0.15, 0.2) is 69.1 Å². The molecule has 0 radical (unpaired) electrons. The first-order valence-electron chi connectivity index (χ1n) is 11.4. The molecule has 0 aliphatic carbocycles. The summed E-state index contributed by atoms with van der Waals surface area (Å²) >= 11 is 1.39. The molecule has 0 atom stereocenters. The van der Waals surface area contributed by atoms with Crippen molar-refractivity contribution >= 4 is 22.8 Å². The van der Waals surface area contributed by atoms with Gasteiger partial charge in [0, 0.05) is 11.3 Å². The Morgan fingerprint density at radius 2 is 1.71 bits per heavy atom. The number of nitrogens with zero attached hydrogens (tertiary/aromatic N) is 4. The number of aromatic nitrogens is 5. The molecule has 0 fully saturated rings. The topological polar surface area (TPSA) is 89.6 Å². The zero-order chi connectivity index (χ0) is 24.7. The normalized spacial score (nSPS) is 11.9. The molecule has 5 rings (SSSR count). The first-order valence-corrected chi connectivity index (χ1v) is 12.4. The molecule has 35 heavy (non-hydrogen) atoms. The second-order valence-corrected chi connectivity index (χ2v) is 10.7. The van der Waals surface area contributed by atoms with Gasteiger partial charge in [-0.15, -0.1) is 0 Å². The molecule has 178 valence electrons. The maximum absolute atomic E-state index is 13.4. The molecule has 2 aromatic carbocycles. The number of nitrogens with one attached hydrogen (secondary N) is 1. The van der Waals surface area contributed by atoms with E-state index in [9.17, 15) is 4.79 Å². The van der Waals surface area contributed by atoms with E-state index in [4.69, 9.17) is 9.51 Å². The minimum atomic E-state index is -0.139. The van der Waals surface area contributed by atoms with Crippen molar-refractivity contribution in [3.8, 4) is 17.1 Å². The smallest absolute Gasteiger partial charge is 0.283 e. The highest BCUT2D eigenvalue weighted by Gasteiger charge is 2.18. The second kappa shape index (κ2) is 8.85. The van der Waals surface area contributed by atoms with Crippen LogP contribution in [0.25, 0.3) is 28.1 Å². The van der Waals surface area contributed by atoms with E-state index in [0.29, 0.717) is 33.7 Å². The third-order valence-corrected chi connectivity index (χ3v) is 6.77. The lowest BCUT2D eigenvalue weighted by Crippen LogP contribution is -2.21. The van der Waals surface area contributed by atoms with Crippen molar-refractivity contribution in [3.05, 3.63) is 87.7 Å². The highest BCUT2D eigenvalue weighted by Crippen LogP contribution is 2.27. The molecule has 3 heterocycles. The van der Waals surface area contributed by atoms with Crippen LogP contribution in [0, 0.1) is 13.8 Å². The summed E-state index contributed by atoms with van der Waals surface area (Å²) in [6.07, 6.45) is 0. The van der Waals surface area contributed by atoms with Crippen molar-refractivity contribution in [3.63, 3.8) is 0 Å². The van der Waals surface area contributed by atoms with Crippen molar-refractivity contribution in [1.82, 2.24) is 24.7 Å². The zero-order valence-corrected chi connectivity index (χ0v) is 21.2. The molecule has 0 spiro atoms. The largest absolute Gasteiger partial charge is 0.353 e. The van der Waals surface area contributed by atoms with Crippen LogP contribution in [0.2, 0.25) is 0 Å². The van der Waals surface area contributed by atoms with Gasteiger partial charge in [0.2, 0.25) is 11.7 Å². The monoisotopic (exact) mass is 485 g/mol. The minimum absolute atomic E-state index is 0.0803. The number of hydrogen-bond donors (Lipinski definition) is 1. The van der Waals surface area contributed by atoms with Gasteiger partial charge in [-0.05, 0) is 43.0 Å². The molecule has 8 heteroatoms. The number of H-pyrrole nitrogens is 1. The summed E-state index contributed by atoms with van der Waals surface area (Å²) in [4.78, 5) is 25.9. The predicted octanol–water partition coefficient (Wildman–Crippen LogP) is 5.97. The quantitative estimate of drug-likeness (QED) is 0.244. The van der Waals surface area contributed by atoms with Crippen LogP contribution < -0.4 is 5.56 Å². The Hall–Kier alpha value is -3.65. The third-order valence-electron chi connectivity index (χ3n) is 5.85. The van der Waals surface area contributed by atoms with Crippen LogP contribution >= 0.6 is 11.8 Å². The molecule has 7 nitrogen and oxygen atoms in total. The number of hydrogen-bond acceptors (Lipinski definition) is 6. The van der Waals surface area contributed by atoms with Crippen LogP contribution in [0.3, 0.4) is 0 Å². The summed E-state index contributed by atoms with van der Waals surface area (Å²) in [6.45, 7) is 10.5. The molecular formula is C27H27N5O2S. The molecular weight excluding hydrogens is 458 g/mol. The number of aryl methyl sites for hydroxylation is 2. The molecule has 0 bridgehead atoms. The third kappa shape index (κ3) is 4.66. The SMILES string of the molecule is Cc1ccc(-n2c(SCc3nc(-c4ccc(C(C)(C)C)cc4)no3)nc3cc(C)[nH]c3c2=O)cc1. The number of aromatic amines is 1. The van der Waals surface area contributed by atoms with E-state index in [1.807, 2.05) is 56.3 Å². The van der Waals surface area contributed by atoms with Crippen molar-refractivity contribution in [2.75, 3.05) is 0 Å². The van der Waals surface area contributed by atoms with E-state index in [1.165, 1.54) is 17.3 Å². The van der Waals surface area contributed by atoms with Gasteiger partial charge in [0.15, 0.2) is 5.16 Å². The van der Waals surface area contributed by atoms with E-state index in [-0.39, 0.29) is 11.0 Å². The number of fused-ring (bicyclic) bond motifs is 1. The van der Waals surface area contributed by atoms with Gasteiger partial charge in [0.05, 0.1) is 17.0 Å². The summed E-state index contributed by atoms with van der Waals surface area (Å²) in [7, 11) is 0. The standard InChI is InChI=1S/C27H27N5O2S/c1-16-6-12-20(13-7-16)32-25(33)23-21(14-17(2)28-23)29-26(32)35-15-22-30-24(31-34-22)18-8-10-19(11-9-18)27(3,4)5/h6-14,28H,15H2,1-5H3. The fourth-order valence-corrected chi connectivity index (χ4v) is 4.72. The fourth-order valence-electron chi connectivity index (χ4n) is 3.87. The molecule has 3 aromatic heterocycles. The Morgan fingerprint density at radius 3 is 2.40 bits per heavy atom. The predicted molar refractivity (Wildman–Crippen MR) is 139 cm³/mol. The van der Waals surface area contributed by atoms with Crippen LogP contribution in [-0.4, -0.2) is 24.7 Å². The molecule has 0 amide bonds. The van der Waals surface area contributed by atoms with E-state index >= 15 is 0 Å². The van der Waals surface area contributed by atoms with E-state index < -0.39 is 0 Å². The Labute approximate surface area is 207 Å². The average Bonchev–Trinajstić information content (AvgIpc) is 3.44. The highest BCUT2D eigenvalue weighted by atomic mass is 32.2. The molecule has 0 unspecified atom stereocenters. The highest BCUT2D eigenvalue weighted by molar-refractivity contribution is 7.98. The number of thioether (sulfide) groups is 1. The molecule has 5 aromatic rings. The van der Waals surface area contributed by atoms with Crippen molar-refractivity contribution in [1.29, 1.82) is 0 Å². The lowest BCUT2D eigenvalue weighted by molar-refractivity contribution is 0.391. The summed E-state index contributed by atoms with van der Waals surface area (Å²) in [6, 6.07) is 17.9. The number of rotatable bonds is 5. The minimum Gasteiger partial charge on any atom is -0.353 e. The molecule has 1 N–H and O–H groups in total. The van der Waals surface area contributed by atoms with Crippen molar-refractivity contribution < 1.29 is 4.52 Å². The Morgan fingerprint density at radius 1 is 1.00 bits per heavy atom. The van der Waals surface area contributed by atoms with Crippen LogP contribution in [0.4, 0.5) is 0 Å². The molecule has 0 saturated carbocycles. The average molecular weight is 486 g/mol. The van der Waals surface area contributed by atoms with Crippen molar-refractivity contribution in [2.45, 2.75) is 50.9 Å². The number of benzene rings is 2. The van der Waals surface area contributed by atoms with E-state index in [0.717, 1.165) is 22.5 Å². The van der Waals surface area contributed by atoms with Crippen LogP contribution in [0.5, 0.6) is 0 Å². The molecule has 0 aliphatic rings. The molecule has 0 saturated heterocycles. The lowest BCUT2D eigenvalue weighted by atomic mass is 9.87. The van der Waals surface area contributed by atoms with Gasteiger partial charge in [-0.3, -0.25) is 9.36 Å². The Bertz CT molecular complexity index is 1550. The van der Waals surface area contributed by atoms with Gasteiger partial charge in [-0.1, -0.05) is 79.7 Å². The van der Waals surface area contributed by atoms with Gasteiger partial charge in [0.25, 0.3) is 5.56 Å². The van der Waals surface area contributed by atoms with Gasteiger partial charge >= 0.3 is 0 Å². The van der Waals surface area contributed by atoms with E-state index in [2.05, 4.69) is 48.0 Å². The van der Waals surface area contributed by atoms with Gasteiger partial charge in [-0.25, -0.2) is 4.98 Å². The first-order chi connectivity index (χ1) is 16.7. The van der Waals surface area contributed by atoms with E-state index in [1.54, 1.807) is 4.57 Å². The van der Waals surface area contributed by atoms with Crippen molar-refractivity contribution in [2.24, 2.45) is 0 Å². The fraction of sp³-hybridized carbons (Fsp3) is 0.259. The summed E-state index contributed by atoms with van der Waals surface area (Å²) in [5.41, 5.74) is 5.99. The lowest BCUT2D eigenvalue weighted by Gasteiger charge is -2.18. The van der Waals surface area contributed by atoms with Crippen LogP contribution in [-0.2, 0) is 11.2 Å². The second-order valence-electron chi connectivity index (χ2n) is 9.71. The maximum atomic E-state index is 13.4. The van der Waals surface area contributed by atoms with Gasteiger partial charge in [-0.2, -0.15) is 4.98 Å².